The second-order valence-electron chi connectivity index (χ2n) is 11.1. The van der Waals surface area contributed by atoms with E-state index in [0.29, 0.717) is 35.0 Å². The average molecular weight is 472 g/mol. The highest BCUT2D eigenvalue weighted by atomic mass is 16.2. The fourth-order valence-corrected chi connectivity index (χ4v) is 5.89. The van der Waals surface area contributed by atoms with Gasteiger partial charge in [-0.25, -0.2) is 9.97 Å². The fourth-order valence-electron chi connectivity index (χ4n) is 5.89. The van der Waals surface area contributed by atoms with E-state index in [1.807, 2.05) is 6.07 Å². The van der Waals surface area contributed by atoms with Crippen LogP contribution in [-0.4, -0.2) is 32.8 Å². The van der Waals surface area contributed by atoms with Crippen LogP contribution in [0.5, 0.6) is 0 Å². The van der Waals surface area contributed by atoms with E-state index in [9.17, 15) is 9.59 Å². The van der Waals surface area contributed by atoms with E-state index >= 15 is 0 Å². The zero-order valence-electron chi connectivity index (χ0n) is 20.4. The van der Waals surface area contributed by atoms with E-state index in [-0.39, 0.29) is 23.9 Å². The third-order valence-electron chi connectivity index (χ3n) is 7.92. The first kappa shape index (κ1) is 22.3. The summed E-state index contributed by atoms with van der Waals surface area (Å²) in [5, 5.41) is 6.52. The minimum absolute atomic E-state index is 0.0400. The van der Waals surface area contributed by atoms with Crippen LogP contribution in [0.4, 0.5) is 0 Å². The van der Waals surface area contributed by atoms with E-state index in [0.717, 1.165) is 44.2 Å². The smallest absolute Gasteiger partial charge is 0.255 e. The normalized spacial score (nSPS) is 25.3. The van der Waals surface area contributed by atoms with E-state index in [1.165, 1.54) is 11.1 Å². The molecule has 7 nitrogen and oxygen atoms in total. The molecule has 6 rings (SSSR count). The monoisotopic (exact) mass is 471 g/mol. The van der Waals surface area contributed by atoms with Gasteiger partial charge in [-0.1, -0.05) is 38.1 Å². The highest BCUT2D eigenvalue weighted by Gasteiger charge is 2.61. The van der Waals surface area contributed by atoms with Crippen molar-refractivity contribution in [3.05, 3.63) is 59.0 Å². The second kappa shape index (κ2) is 8.47. The van der Waals surface area contributed by atoms with Crippen LogP contribution < -0.4 is 10.6 Å². The number of H-pyrrole nitrogens is 1. The Labute approximate surface area is 205 Å². The molecule has 2 fully saturated rings. The molecule has 0 saturated heterocycles. The average Bonchev–Trinajstić information content (AvgIpc) is 3.76. The topological polar surface area (TPSA) is 99.8 Å². The number of carbonyl (C=O) groups excluding carboxylic acids is 2. The van der Waals surface area contributed by atoms with Gasteiger partial charge in [0.2, 0.25) is 5.91 Å². The summed E-state index contributed by atoms with van der Waals surface area (Å²) < 4.78 is 0. The van der Waals surface area contributed by atoms with Crippen molar-refractivity contribution in [3.63, 3.8) is 0 Å². The van der Waals surface area contributed by atoms with Gasteiger partial charge in [-0.05, 0) is 62.0 Å². The number of benzene rings is 1. The molecule has 2 saturated carbocycles. The van der Waals surface area contributed by atoms with Crippen molar-refractivity contribution < 1.29 is 9.59 Å². The molecule has 2 aromatic heterocycles. The maximum absolute atomic E-state index is 13.7. The summed E-state index contributed by atoms with van der Waals surface area (Å²) in [5.74, 6) is 0.688. The van der Waals surface area contributed by atoms with Gasteiger partial charge in [0.1, 0.15) is 5.52 Å². The molecule has 182 valence electrons. The molecule has 3 atom stereocenters. The van der Waals surface area contributed by atoms with Gasteiger partial charge in [-0.15, -0.1) is 0 Å². The molecule has 35 heavy (non-hydrogen) atoms. The van der Waals surface area contributed by atoms with Gasteiger partial charge in [-0.2, -0.15) is 0 Å². The minimum atomic E-state index is -0.562. The molecular formula is C28H33N5O2. The number of hydrogen-bond donors (Lipinski definition) is 3. The van der Waals surface area contributed by atoms with E-state index in [1.54, 1.807) is 12.4 Å². The van der Waals surface area contributed by atoms with Crippen LogP contribution in [0.25, 0.3) is 11.2 Å². The van der Waals surface area contributed by atoms with Crippen LogP contribution in [0.15, 0.2) is 36.7 Å². The lowest BCUT2D eigenvalue weighted by Crippen LogP contribution is -2.41. The third-order valence-corrected chi connectivity index (χ3v) is 7.92. The second-order valence-corrected chi connectivity index (χ2v) is 11.1. The first-order valence-electron chi connectivity index (χ1n) is 13.0. The maximum atomic E-state index is 13.7. The summed E-state index contributed by atoms with van der Waals surface area (Å²) in [6.07, 6.45) is 10.3. The molecule has 2 amide bonds. The van der Waals surface area contributed by atoms with Gasteiger partial charge >= 0.3 is 0 Å². The number of aryl methyl sites for hydroxylation is 1. The molecule has 1 aromatic carbocycles. The Balaban J connectivity index is 1.20. The van der Waals surface area contributed by atoms with Crippen LogP contribution in [0.3, 0.4) is 0 Å². The Morgan fingerprint density at radius 2 is 2.00 bits per heavy atom. The summed E-state index contributed by atoms with van der Waals surface area (Å²) in [4.78, 5) is 39.2. The van der Waals surface area contributed by atoms with Crippen molar-refractivity contribution in [2.75, 3.05) is 0 Å². The number of fused-ring (bicyclic) bond motifs is 2. The summed E-state index contributed by atoms with van der Waals surface area (Å²) in [6.45, 7) is 4.27. The van der Waals surface area contributed by atoms with Crippen molar-refractivity contribution in [1.29, 1.82) is 0 Å². The van der Waals surface area contributed by atoms with Crippen molar-refractivity contribution in [3.8, 4) is 0 Å². The summed E-state index contributed by atoms with van der Waals surface area (Å²) in [7, 11) is 0. The Hall–Kier alpha value is -3.22. The predicted octanol–water partition coefficient (Wildman–Crippen LogP) is 4.56. The molecule has 2 heterocycles. The third kappa shape index (κ3) is 4.11. The van der Waals surface area contributed by atoms with E-state index < -0.39 is 5.41 Å². The summed E-state index contributed by atoms with van der Waals surface area (Å²) in [5.41, 5.74) is 4.70. The molecular weight excluding hydrogens is 438 g/mol. The first-order valence-corrected chi connectivity index (χ1v) is 13.0. The lowest BCUT2D eigenvalue weighted by atomic mass is 9.86. The van der Waals surface area contributed by atoms with Crippen molar-refractivity contribution in [2.24, 2.45) is 11.3 Å². The number of nitrogens with zero attached hydrogens (tertiary/aromatic N) is 2. The SMILES string of the molecule is CC(C)C[C@]1(C(=O)NC2CCCc3ccccc32)CC1NC(=O)c1c[nH]c2ncc(C3CC3)nc12. The Morgan fingerprint density at radius 3 is 2.80 bits per heavy atom. The quantitative estimate of drug-likeness (QED) is 0.470. The molecule has 3 aromatic rings. The molecule has 7 heteroatoms. The fraction of sp³-hybridized carbons (Fsp3) is 0.500. The molecule has 0 bridgehead atoms. The zero-order valence-corrected chi connectivity index (χ0v) is 20.4. The van der Waals surface area contributed by atoms with Gasteiger partial charge in [0.05, 0.1) is 28.9 Å². The van der Waals surface area contributed by atoms with E-state index in [2.05, 4.69) is 52.6 Å². The van der Waals surface area contributed by atoms with Crippen LogP contribution in [-0.2, 0) is 11.2 Å². The highest BCUT2D eigenvalue weighted by molar-refractivity contribution is 6.05. The first-order chi connectivity index (χ1) is 16.9. The predicted molar refractivity (Wildman–Crippen MR) is 134 cm³/mol. The molecule has 3 aliphatic carbocycles. The van der Waals surface area contributed by atoms with Gasteiger partial charge in [-0.3, -0.25) is 9.59 Å². The Morgan fingerprint density at radius 1 is 1.17 bits per heavy atom. The molecule has 3 N–H and O–H groups in total. The number of aromatic amines is 1. The lowest BCUT2D eigenvalue weighted by Gasteiger charge is -2.29. The number of nitrogens with one attached hydrogen (secondary N) is 3. The summed E-state index contributed by atoms with van der Waals surface area (Å²) >= 11 is 0. The molecule has 0 spiro atoms. The van der Waals surface area contributed by atoms with Gasteiger partial charge in [0, 0.05) is 18.2 Å². The van der Waals surface area contributed by atoms with Gasteiger partial charge in [0.15, 0.2) is 5.65 Å². The van der Waals surface area contributed by atoms with Gasteiger partial charge in [0.25, 0.3) is 5.91 Å². The van der Waals surface area contributed by atoms with Crippen molar-refractivity contribution in [1.82, 2.24) is 25.6 Å². The zero-order chi connectivity index (χ0) is 24.2. The number of amides is 2. The standard InChI is InChI=1S/C28H33N5O2/c1-16(2)12-28(27(35)32-21-9-5-7-17-6-3-4-8-19(17)21)13-23(28)33-26(34)20-14-29-25-24(20)31-22(15-30-25)18-10-11-18/h3-4,6,8,14-16,18,21,23H,5,7,9-13H2,1-2H3,(H,29,30)(H,32,35)(H,33,34)/t21?,23?,28-/m0/s1. The molecule has 2 unspecified atom stereocenters. The number of carbonyl (C=O) groups is 2. The van der Waals surface area contributed by atoms with Crippen LogP contribution in [0.2, 0.25) is 0 Å². The van der Waals surface area contributed by atoms with Crippen LogP contribution in [0.1, 0.15) is 91.5 Å². The molecule has 0 radical (unpaired) electrons. The number of hydrogen-bond acceptors (Lipinski definition) is 4. The molecule has 0 aliphatic heterocycles. The number of aromatic nitrogens is 3. The highest BCUT2D eigenvalue weighted by Crippen LogP contribution is 2.52. The maximum Gasteiger partial charge on any atom is 0.255 e. The number of rotatable bonds is 7. The Kier molecular flexibility index (Phi) is 5.38. The minimum Gasteiger partial charge on any atom is -0.349 e. The van der Waals surface area contributed by atoms with Crippen molar-refractivity contribution >= 4 is 23.0 Å². The van der Waals surface area contributed by atoms with Crippen LogP contribution in [0, 0.1) is 11.3 Å². The van der Waals surface area contributed by atoms with Gasteiger partial charge < -0.3 is 15.6 Å². The van der Waals surface area contributed by atoms with E-state index in [4.69, 9.17) is 4.98 Å². The molecule has 3 aliphatic rings. The largest absolute Gasteiger partial charge is 0.349 e. The van der Waals surface area contributed by atoms with Crippen molar-refractivity contribution in [2.45, 2.75) is 76.8 Å². The summed E-state index contributed by atoms with van der Waals surface area (Å²) in [6, 6.07) is 8.27. The Bertz CT molecular complexity index is 1290. The lowest BCUT2D eigenvalue weighted by molar-refractivity contribution is -0.128. The van der Waals surface area contributed by atoms with Crippen LogP contribution >= 0.6 is 0 Å².